The van der Waals surface area contributed by atoms with Crippen LogP contribution in [0.2, 0.25) is 0 Å². The van der Waals surface area contributed by atoms with Crippen LogP contribution in [0, 0.1) is 12.7 Å². The van der Waals surface area contributed by atoms with Crippen molar-refractivity contribution in [3.05, 3.63) is 63.6 Å². The lowest BCUT2D eigenvalue weighted by atomic mass is 10.0. The molecular weight excluding hydrogens is 285 g/mol. The zero-order chi connectivity index (χ0) is 12.4. The Morgan fingerprint density at radius 1 is 1.29 bits per heavy atom. The summed E-state index contributed by atoms with van der Waals surface area (Å²) in [6.45, 7) is 1.67. The van der Waals surface area contributed by atoms with Gasteiger partial charge in [-0.05, 0) is 52.2 Å². The van der Waals surface area contributed by atoms with Gasteiger partial charge in [-0.3, -0.25) is 4.98 Å². The Hall–Kier alpha value is -1.26. The van der Waals surface area contributed by atoms with Crippen molar-refractivity contribution in [3.8, 4) is 0 Å². The Kier molecular flexibility index (Phi) is 3.54. The van der Waals surface area contributed by atoms with E-state index in [1.165, 1.54) is 6.07 Å². The van der Waals surface area contributed by atoms with Gasteiger partial charge < -0.3 is 5.11 Å². The molecule has 0 aliphatic rings. The molecule has 0 amide bonds. The summed E-state index contributed by atoms with van der Waals surface area (Å²) in [6, 6.07) is 8.09. The molecule has 4 heteroatoms. The molecule has 0 saturated heterocycles. The maximum Gasteiger partial charge on any atom is 0.126 e. The normalized spacial score (nSPS) is 12.5. The summed E-state index contributed by atoms with van der Waals surface area (Å²) in [5, 5.41) is 10.1. The van der Waals surface area contributed by atoms with Crippen LogP contribution in [0.3, 0.4) is 0 Å². The molecule has 0 aliphatic heterocycles. The number of pyridine rings is 1. The summed E-state index contributed by atoms with van der Waals surface area (Å²) >= 11 is 3.28. The molecule has 0 aliphatic carbocycles. The highest BCUT2D eigenvalue weighted by atomic mass is 79.9. The van der Waals surface area contributed by atoms with Crippen LogP contribution in [0.1, 0.15) is 22.9 Å². The van der Waals surface area contributed by atoms with Crippen LogP contribution in [-0.4, -0.2) is 10.1 Å². The number of hydrogen-bond donors (Lipinski definition) is 1. The first-order valence-corrected chi connectivity index (χ1v) is 5.93. The molecule has 88 valence electrons. The Balaban J connectivity index is 2.33. The van der Waals surface area contributed by atoms with Crippen molar-refractivity contribution >= 4 is 15.9 Å². The smallest absolute Gasteiger partial charge is 0.126 e. The molecule has 2 nitrogen and oxygen atoms in total. The van der Waals surface area contributed by atoms with Crippen LogP contribution in [-0.2, 0) is 0 Å². The number of hydrogen-bond acceptors (Lipinski definition) is 2. The monoisotopic (exact) mass is 295 g/mol. The number of aromatic nitrogens is 1. The molecule has 2 aromatic rings. The summed E-state index contributed by atoms with van der Waals surface area (Å²) in [5.41, 5.74) is 1.69. The van der Waals surface area contributed by atoms with Crippen molar-refractivity contribution < 1.29 is 9.50 Å². The van der Waals surface area contributed by atoms with Gasteiger partial charge in [0.2, 0.25) is 0 Å². The number of nitrogens with zero attached hydrogens (tertiary/aromatic N) is 1. The molecule has 1 aromatic heterocycles. The van der Waals surface area contributed by atoms with Gasteiger partial charge in [-0.2, -0.15) is 0 Å². The number of aryl methyl sites for hydroxylation is 1. The van der Waals surface area contributed by atoms with E-state index in [-0.39, 0.29) is 5.82 Å². The largest absolute Gasteiger partial charge is 0.382 e. The molecule has 0 spiro atoms. The second-order valence-electron chi connectivity index (χ2n) is 3.81. The minimum atomic E-state index is -0.831. The molecule has 0 bridgehead atoms. The van der Waals surface area contributed by atoms with Gasteiger partial charge in [-0.1, -0.05) is 12.1 Å². The highest BCUT2D eigenvalue weighted by Crippen LogP contribution is 2.22. The second kappa shape index (κ2) is 4.94. The van der Waals surface area contributed by atoms with Gasteiger partial charge in [-0.15, -0.1) is 0 Å². The number of rotatable bonds is 2. The van der Waals surface area contributed by atoms with Gasteiger partial charge in [0.15, 0.2) is 0 Å². The maximum absolute atomic E-state index is 13.1. The van der Waals surface area contributed by atoms with E-state index in [0.717, 1.165) is 4.47 Å². The van der Waals surface area contributed by atoms with Crippen LogP contribution in [0.5, 0.6) is 0 Å². The van der Waals surface area contributed by atoms with E-state index >= 15 is 0 Å². The number of halogens is 2. The Labute approximate surface area is 107 Å². The van der Waals surface area contributed by atoms with Gasteiger partial charge >= 0.3 is 0 Å². The third-order valence-corrected chi connectivity index (χ3v) is 3.00. The van der Waals surface area contributed by atoms with Crippen molar-refractivity contribution in [2.45, 2.75) is 13.0 Å². The first-order valence-electron chi connectivity index (χ1n) is 5.13. The van der Waals surface area contributed by atoms with Crippen molar-refractivity contribution in [1.82, 2.24) is 4.98 Å². The quantitative estimate of drug-likeness (QED) is 0.921. The van der Waals surface area contributed by atoms with Gasteiger partial charge in [0.05, 0.1) is 5.69 Å². The van der Waals surface area contributed by atoms with Gasteiger partial charge in [0.25, 0.3) is 0 Å². The molecule has 1 N–H and O–H groups in total. The van der Waals surface area contributed by atoms with E-state index in [1.807, 2.05) is 6.07 Å². The predicted octanol–water partition coefficient (Wildman–Crippen LogP) is 3.37. The molecule has 1 aromatic carbocycles. The van der Waals surface area contributed by atoms with Crippen molar-refractivity contribution in [3.63, 3.8) is 0 Å². The summed E-state index contributed by atoms with van der Waals surface area (Å²) < 4.78 is 14.0. The van der Waals surface area contributed by atoms with E-state index in [4.69, 9.17) is 0 Å². The zero-order valence-corrected chi connectivity index (χ0v) is 10.8. The molecule has 2 rings (SSSR count). The second-order valence-corrected chi connectivity index (χ2v) is 4.73. The minimum Gasteiger partial charge on any atom is -0.382 e. The average molecular weight is 296 g/mol. The van der Waals surface area contributed by atoms with E-state index < -0.39 is 6.10 Å². The van der Waals surface area contributed by atoms with E-state index in [0.29, 0.717) is 16.8 Å². The average Bonchev–Trinajstić information content (AvgIpc) is 2.33. The van der Waals surface area contributed by atoms with Crippen LogP contribution in [0.25, 0.3) is 0 Å². The highest BCUT2D eigenvalue weighted by Gasteiger charge is 2.12. The molecule has 1 heterocycles. The molecule has 0 fully saturated rings. The third-order valence-electron chi connectivity index (χ3n) is 2.53. The maximum atomic E-state index is 13.1. The number of aliphatic hydroxyl groups excluding tert-OH is 1. The SMILES string of the molecule is Cc1cc(C(O)c2ccc(Br)cn2)ccc1F. The van der Waals surface area contributed by atoms with Crippen molar-refractivity contribution in [2.24, 2.45) is 0 Å². The summed E-state index contributed by atoms with van der Waals surface area (Å²) in [7, 11) is 0. The van der Waals surface area contributed by atoms with E-state index in [1.54, 1.807) is 31.3 Å². The molecule has 17 heavy (non-hydrogen) atoms. The van der Waals surface area contributed by atoms with Crippen molar-refractivity contribution in [1.29, 1.82) is 0 Å². The summed E-state index contributed by atoms with van der Waals surface area (Å²) in [4.78, 5) is 4.12. The number of aliphatic hydroxyl groups is 1. The first-order chi connectivity index (χ1) is 8.08. The fourth-order valence-electron chi connectivity index (χ4n) is 1.56. The molecule has 1 atom stereocenters. The fourth-order valence-corrected chi connectivity index (χ4v) is 1.79. The van der Waals surface area contributed by atoms with Crippen LogP contribution in [0.4, 0.5) is 4.39 Å². The third kappa shape index (κ3) is 2.70. The Bertz CT molecular complexity index is 527. The lowest BCUT2D eigenvalue weighted by Gasteiger charge is -2.11. The van der Waals surface area contributed by atoms with Gasteiger partial charge in [0, 0.05) is 10.7 Å². The Morgan fingerprint density at radius 2 is 2.06 bits per heavy atom. The lowest BCUT2D eigenvalue weighted by Crippen LogP contribution is -2.02. The van der Waals surface area contributed by atoms with Gasteiger partial charge in [-0.25, -0.2) is 4.39 Å². The Morgan fingerprint density at radius 3 is 2.65 bits per heavy atom. The van der Waals surface area contributed by atoms with E-state index in [9.17, 15) is 9.50 Å². The first kappa shape index (κ1) is 12.2. The lowest BCUT2D eigenvalue weighted by molar-refractivity contribution is 0.215. The molecule has 0 radical (unpaired) electrons. The molecular formula is C13H11BrFNO. The van der Waals surface area contributed by atoms with E-state index in [2.05, 4.69) is 20.9 Å². The zero-order valence-electron chi connectivity index (χ0n) is 9.19. The van der Waals surface area contributed by atoms with Crippen LogP contribution in [0.15, 0.2) is 41.0 Å². The van der Waals surface area contributed by atoms with Crippen molar-refractivity contribution in [2.75, 3.05) is 0 Å². The molecule has 0 saturated carbocycles. The predicted molar refractivity (Wildman–Crippen MR) is 67.1 cm³/mol. The van der Waals surface area contributed by atoms with Crippen LogP contribution < -0.4 is 0 Å². The summed E-state index contributed by atoms with van der Waals surface area (Å²) in [6.07, 6.45) is 0.789. The van der Waals surface area contributed by atoms with Crippen LogP contribution >= 0.6 is 15.9 Å². The minimum absolute atomic E-state index is 0.273. The standard InChI is InChI=1S/C13H11BrFNO/c1-8-6-9(2-4-11(8)15)13(17)12-5-3-10(14)7-16-12/h2-7,13,17H,1H3. The fraction of sp³-hybridized carbons (Fsp3) is 0.154. The molecule has 1 unspecified atom stereocenters. The summed E-state index contributed by atoms with van der Waals surface area (Å²) in [5.74, 6) is -0.273. The topological polar surface area (TPSA) is 33.1 Å². The van der Waals surface area contributed by atoms with Gasteiger partial charge in [0.1, 0.15) is 11.9 Å². The highest BCUT2D eigenvalue weighted by molar-refractivity contribution is 9.10. The number of benzene rings is 1.